The maximum atomic E-state index is 17.0. The average Bonchev–Trinajstić information content (AvgIpc) is 1.51. The molecule has 0 radical (unpaired) electrons. The van der Waals surface area contributed by atoms with Crippen molar-refractivity contribution in [2.75, 3.05) is 19.6 Å². The SMILES string of the molecule is O=P(c1ccccc1)(c1ccc2c(c1)C1(c3ccccc3-c3ccccc31)c1ccccc1-2)c1ccc2c(c1)C1(c3ccccc3-c3ccccc31)c1ccccc1-2.[3H]CC.[3H]CC.c1ccc(N(c2ccccc2)c2cc(N(c3ccccc3)c3ccccc3)cc(C3(c4cc(N(c5ccccc5)c5ccccc5)cc(N(c5ccccc5)c5ccccc5)c4)c4ccccc4-c4ccccc43)c2)cc1. The van der Waals surface area contributed by atoms with Gasteiger partial charge < -0.3 is 24.2 Å². The molecule has 5 aliphatic rings. The largest absolute Gasteiger partial charge is 0.310 e. The zero-order valence-corrected chi connectivity index (χ0v) is 78.3. The molecule has 21 aromatic rings. The van der Waals surface area contributed by atoms with E-state index in [9.17, 15) is 0 Å². The first kappa shape index (κ1) is 83.8. The van der Waals surface area contributed by atoms with Crippen LogP contribution in [-0.4, -0.2) is 0 Å². The molecule has 0 N–H and O–H groups in total. The maximum absolute atomic E-state index is 17.0. The van der Waals surface area contributed by atoms with Crippen molar-refractivity contribution < 1.29 is 7.31 Å². The van der Waals surface area contributed by atoms with E-state index < -0.39 is 23.4 Å². The van der Waals surface area contributed by atoms with Gasteiger partial charge in [0.05, 0.1) is 16.2 Å². The third-order valence-corrected chi connectivity index (χ3v) is 31.6. The zero-order chi connectivity index (χ0) is 95.0. The molecule has 0 bridgehead atoms. The Labute approximate surface area is 818 Å². The Kier molecular flexibility index (Phi) is 21.9. The molecule has 5 nitrogen and oxygen atoms in total. The Morgan fingerprint density at radius 1 is 0.165 bits per heavy atom. The monoisotopic (exact) mass is 1800 g/mol. The Balaban J connectivity index is 0.000000154. The summed E-state index contributed by atoms with van der Waals surface area (Å²) in [5.74, 6) is 0. The van der Waals surface area contributed by atoms with Crippen LogP contribution in [0.5, 0.6) is 0 Å². The summed E-state index contributed by atoms with van der Waals surface area (Å²) in [7, 11) is -3.48. The van der Waals surface area contributed by atoms with Gasteiger partial charge in [-0.15, -0.1) is 0 Å². The third-order valence-electron chi connectivity index (χ3n) is 28.6. The first-order valence-electron chi connectivity index (χ1n) is 49.4. The highest BCUT2D eigenvalue weighted by molar-refractivity contribution is 7.85. The van der Waals surface area contributed by atoms with E-state index >= 15 is 4.57 Å². The quantitative estimate of drug-likeness (QED) is 0.0848. The van der Waals surface area contributed by atoms with E-state index in [1.165, 1.54) is 111 Å². The Bertz CT molecular complexity index is 7270. The molecule has 139 heavy (non-hydrogen) atoms. The molecule has 0 amide bonds. The van der Waals surface area contributed by atoms with Crippen LogP contribution in [0.25, 0.3) is 55.6 Å². The van der Waals surface area contributed by atoms with Crippen LogP contribution in [-0.2, 0) is 20.8 Å². The number of anilines is 12. The molecule has 26 rings (SSSR count). The molecule has 664 valence electrons. The number of nitrogens with zero attached hydrogens (tertiary/aromatic N) is 4. The summed E-state index contributed by atoms with van der Waals surface area (Å²) in [6.07, 6.45) is 0. The molecular weight excluding hydrogens is 1700 g/mol. The number of hydrogen-bond donors (Lipinski definition) is 0. The Morgan fingerprint density at radius 2 is 0.331 bits per heavy atom. The smallest absolute Gasteiger partial charge is 0.171 e. The second kappa shape index (κ2) is 36.4. The van der Waals surface area contributed by atoms with Gasteiger partial charge in [0, 0.05) is 86.9 Å². The van der Waals surface area contributed by atoms with Gasteiger partial charge in [-0.3, -0.25) is 0 Å². The molecule has 0 saturated heterocycles. The van der Waals surface area contributed by atoms with E-state index in [-0.39, 0.29) is 0 Å². The van der Waals surface area contributed by atoms with Crippen molar-refractivity contribution in [2.45, 2.75) is 43.9 Å². The highest BCUT2D eigenvalue weighted by Gasteiger charge is 2.55. The summed E-state index contributed by atoms with van der Waals surface area (Å²) in [6, 6.07) is 196. The van der Waals surface area contributed by atoms with Gasteiger partial charge in [0.1, 0.15) is 0 Å². The van der Waals surface area contributed by atoms with E-state index in [1.54, 1.807) is 13.8 Å². The molecule has 6 heteroatoms. The predicted molar refractivity (Wildman–Crippen MR) is 584 cm³/mol. The summed E-state index contributed by atoms with van der Waals surface area (Å²) in [4.78, 5) is 9.62. The summed E-state index contributed by atoms with van der Waals surface area (Å²) in [5.41, 5.74) is 37.7. The van der Waals surface area contributed by atoms with Gasteiger partial charge in [-0.25, -0.2) is 0 Å². The fourth-order valence-electron chi connectivity index (χ4n) is 23.2. The highest BCUT2D eigenvalue weighted by atomic mass is 31.2. The minimum Gasteiger partial charge on any atom is -0.310 e. The number of para-hydroxylation sites is 8. The van der Waals surface area contributed by atoms with Crippen LogP contribution in [0.1, 0.15) is 97.1 Å². The fourth-order valence-corrected chi connectivity index (χ4v) is 25.9. The first-order valence-corrected chi connectivity index (χ1v) is 49.7. The van der Waals surface area contributed by atoms with Gasteiger partial charge in [-0.2, -0.15) is 0 Å². The van der Waals surface area contributed by atoms with Crippen LogP contribution in [0.3, 0.4) is 0 Å². The van der Waals surface area contributed by atoms with Crippen molar-refractivity contribution >= 4 is 91.3 Å². The Hall–Kier alpha value is -17.0. The molecule has 0 saturated carbocycles. The molecule has 0 fully saturated rings. The second-order valence-electron chi connectivity index (χ2n) is 35.5. The van der Waals surface area contributed by atoms with Crippen molar-refractivity contribution in [3.8, 4) is 55.6 Å². The molecule has 5 aliphatic carbocycles. The summed E-state index contributed by atoms with van der Waals surface area (Å²) >= 11 is 0. The molecule has 0 atom stereocenters. The van der Waals surface area contributed by atoms with Crippen molar-refractivity contribution in [3.63, 3.8) is 0 Å². The summed E-state index contributed by atoms with van der Waals surface area (Å²) in [5, 5.41) is 2.54. The van der Waals surface area contributed by atoms with Gasteiger partial charge in [-0.1, -0.05) is 422 Å². The first-order chi connectivity index (χ1) is 69.7. The average molecular weight is 1810 g/mol. The van der Waals surface area contributed by atoms with Gasteiger partial charge >= 0.3 is 0 Å². The minimum absolute atomic E-state index is 0.500. The van der Waals surface area contributed by atoms with Crippen molar-refractivity contribution in [3.05, 3.63) is 607 Å². The van der Waals surface area contributed by atoms with Crippen molar-refractivity contribution in [1.82, 2.24) is 0 Å². The fraction of sp³-hybridized carbons (Fsp3) is 0.0526. The molecular formula is C133H101N4OP. The lowest BCUT2D eigenvalue weighted by Gasteiger charge is -2.38. The van der Waals surface area contributed by atoms with E-state index in [0.29, 0.717) is 13.8 Å². The van der Waals surface area contributed by atoms with Crippen LogP contribution in [0.4, 0.5) is 68.2 Å². The molecule has 21 aromatic carbocycles. The summed E-state index contributed by atoms with van der Waals surface area (Å²) in [6.45, 7) is 4.58. The highest BCUT2D eigenvalue weighted by Crippen LogP contribution is 2.67. The van der Waals surface area contributed by atoms with Crippen LogP contribution >= 0.6 is 7.14 Å². The van der Waals surface area contributed by atoms with Gasteiger partial charge in [0.25, 0.3) is 0 Å². The number of fused-ring (bicyclic) bond motifs is 23. The van der Waals surface area contributed by atoms with Crippen LogP contribution < -0.4 is 35.5 Å². The minimum atomic E-state index is -3.48. The molecule has 2 spiro atoms. The van der Waals surface area contributed by atoms with Gasteiger partial charge in [0.2, 0.25) is 0 Å². The lowest BCUT2D eigenvalue weighted by atomic mass is 9.67. The molecule has 0 aromatic heterocycles. The number of rotatable bonds is 17. The normalized spacial score (nSPS) is 13.1. The topological polar surface area (TPSA) is 30.0 Å². The van der Waals surface area contributed by atoms with Crippen LogP contribution in [0, 0.1) is 0 Å². The van der Waals surface area contributed by atoms with Gasteiger partial charge in [-0.05, 0) is 268 Å². The van der Waals surface area contributed by atoms with Crippen molar-refractivity contribution in [2.24, 2.45) is 0 Å². The molecule has 0 heterocycles. The van der Waals surface area contributed by atoms with Gasteiger partial charge in [0.15, 0.2) is 7.14 Å². The van der Waals surface area contributed by atoms with Crippen LogP contribution in [0.15, 0.2) is 540 Å². The lowest BCUT2D eigenvalue weighted by molar-refractivity contribution is 0.592. The number of hydrogen-bond acceptors (Lipinski definition) is 5. The Morgan fingerprint density at radius 3 is 0.532 bits per heavy atom. The van der Waals surface area contributed by atoms with E-state index in [2.05, 4.69) is 541 Å². The molecule has 0 aliphatic heterocycles. The lowest BCUT2D eigenvalue weighted by Crippen LogP contribution is -2.31. The predicted octanol–water partition coefficient (Wildman–Crippen LogP) is 34.0. The van der Waals surface area contributed by atoms with Crippen molar-refractivity contribution in [1.29, 1.82) is 0 Å². The van der Waals surface area contributed by atoms with E-state index in [1.807, 2.05) is 18.2 Å². The maximum Gasteiger partial charge on any atom is 0.171 e. The van der Waals surface area contributed by atoms with Crippen LogP contribution in [0.2, 0.25) is 0 Å². The standard InChI is InChI=1S/C73H54N4.C56H35OP.2C2H6/c1-9-29-57(30-10-1)74(58-31-11-2-12-32-58)65-49-55(50-66(53-65)75(59-33-13-3-14-34-59)60-35-15-4-16-36-60)73(71-47-27-25-45-69(71)70-46-26-28-48-72(70)73)56-51-67(76(61-37-17-5-18-38-61)62-39-19-6-20-40-62)54-68(52-56)77(63-41-21-7-22-42-63)64-43-23-8-24-44-64;57-58(36-16-2-1-3-17-36,37-30-32-45-43-22-8-14-28-51(43)55(53(45)34-37)47-24-10-4-18-39(47)40-19-5-11-25-48(40)55)38-31-33-46-44-23-9-15-29-52(44)56(54(46)35-38)49-26-12-6-20-41(49)42-21-7-13-27-50(42)56;2*1-2/h1-54H;1-35H;2*1-2H3/i;;2*1T. The molecule has 0 unspecified atom stereocenters. The summed E-state index contributed by atoms with van der Waals surface area (Å²) < 4.78 is 29.4. The second-order valence-corrected chi connectivity index (χ2v) is 38.3. The van der Waals surface area contributed by atoms with E-state index in [4.69, 9.17) is 2.74 Å². The number of benzene rings is 21. The zero-order valence-electron chi connectivity index (χ0n) is 79.4. The van der Waals surface area contributed by atoms with E-state index in [0.717, 1.165) is 95.3 Å². The third kappa shape index (κ3) is 13.9.